The third-order valence-electron chi connectivity index (χ3n) is 1.54. The molecule has 0 aromatic heterocycles. The zero-order chi connectivity index (χ0) is 12.0. The van der Waals surface area contributed by atoms with E-state index in [2.05, 4.69) is 0 Å². The molecule has 0 heterocycles. The molecule has 0 saturated heterocycles. The highest BCUT2D eigenvalue weighted by atomic mass is 35.5. The summed E-state index contributed by atoms with van der Waals surface area (Å²) in [4.78, 5) is 0. The quantitative estimate of drug-likeness (QED) is 0.710. The van der Waals surface area contributed by atoms with E-state index in [4.69, 9.17) is 36.8 Å². The highest BCUT2D eigenvalue weighted by Crippen LogP contribution is 2.43. The van der Waals surface area contributed by atoms with E-state index in [0.29, 0.717) is 29.0 Å². The van der Waals surface area contributed by atoms with Crippen LogP contribution in [0.1, 0.15) is 13.8 Å². The molecule has 0 bridgehead atoms. The van der Waals surface area contributed by atoms with Crippen LogP contribution in [0.3, 0.4) is 0 Å². The van der Waals surface area contributed by atoms with Crippen molar-refractivity contribution in [2.45, 2.75) is 13.8 Å². The van der Waals surface area contributed by atoms with Crippen LogP contribution in [-0.2, 0) is 9.05 Å². The Morgan fingerprint density at radius 1 is 1.12 bits per heavy atom. The maximum absolute atomic E-state index is 5.96. The van der Waals surface area contributed by atoms with Crippen molar-refractivity contribution in [1.82, 2.24) is 0 Å². The van der Waals surface area contributed by atoms with Gasteiger partial charge in [0.1, 0.15) is 5.75 Å². The van der Waals surface area contributed by atoms with Gasteiger partial charge in [0.15, 0.2) is 0 Å². The molecule has 0 N–H and O–H groups in total. The van der Waals surface area contributed by atoms with Crippen molar-refractivity contribution in [3.05, 3.63) is 28.2 Å². The largest absolute Gasteiger partial charge is 0.425 e. The van der Waals surface area contributed by atoms with Gasteiger partial charge in [-0.3, -0.25) is 0 Å². The molecule has 1 rings (SSSR count). The Labute approximate surface area is 107 Å². The number of benzene rings is 1. The summed E-state index contributed by atoms with van der Waals surface area (Å²) in [6, 6.07) is 5.01. The summed E-state index contributed by atoms with van der Waals surface area (Å²) in [6.07, 6.45) is 0. The molecule has 6 heteroatoms. The van der Waals surface area contributed by atoms with Crippen molar-refractivity contribution in [1.29, 1.82) is 0 Å². The predicted molar refractivity (Wildman–Crippen MR) is 67.3 cm³/mol. The first-order valence-electron chi connectivity index (χ1n) is 4.86. The van der Waals surface area contributed by atoms with Gasteiger partial charge in [0.05, 0.1) is 18.2 Å². The molecule has 0 fully saturated rings. The van der Waals surface area contributed by atoms with Gasteiger partial charge in [-0.25, -0.2) is 0 Å². The molecule has 0 spiro atoms. The van der Waals surface area contributed by atoms with Crippen molar-refractivity contribution in [2.24, 2.45) is 0 Å². The van der Waals surface area contributed by atoms with Crippen molar-refractivity contribution < 1.29 is 13.6 Å². The summed E-state index contributed by atoms with van der Waals surface area (Å²) < 4.78 is 16.1. The lowest BCUT2D eigenvalue weighted by atomic mass is 10.3. The minimum atomic E-state index is -1.39. The van der Waals surface area contributed by atoms with Gasteiger partial charge >= 0.3 is 8.60 Å². The van der Waals surface area contributed by atoms with E-state index in [-0.39, 0.29) is 0 Å². The van der Waals surface area contributed by atoms with Crippen LogP contribution in [0, 0.1) is 0 Å². The predicted octanol–water partition coefficient (Wildman–Crippen LogP) is 4.67. The minimum absolute atomic E-state index is 0.444. The van der Waals surface area contributed by atoms with Gasteiger partial charge in [-0.15, -0.1) is 0 Å². The molecule has 3 nitrogen and oxygen atoms in total. The van der Waals surface area contributed by atoms with Crippen LogP contribution >= 0.6 is 31.8 Å². The zero-order valence-corrected chi connectivity index (χ0v) is 11.5. The fraction of sp³-hybridized carbons (Fsp3) is 0.400. The van der Waals surface area contributed by atoms with E-state index in [9.17, 15) is 0 Å². The molecule has 90 valence electrons. The second-order valence-electron chi connectivity index (χ2n) is 2.73. The summed E-state index contributed by atoms with van der Waals surface area (Å²) in [5.41, 5.74) is 0. The number of hydrogen-bond donors (Lipinski definition) is 0. The van der Waals surface area contributed by atoms with Gasteiger partial charge in [-0.05, 0) is 32.0 Å². The summed E-state index contributed by atoms with van der Waals surface area (Å²) in [5, 5.41) is 1.01. The molecule has 1 aromatic carbocycles. The van der Waals surface area contributed by atoms with Crippen LogP contribution in [0.15, 0.2) is 18.2 Å². The van der Waals surface area contributed by atoms with E-state index >= 15 is 0 Å². The monoisotopic (exact) mass is 282 g/mol. The molecule has 0 aliphatic heterocycles. The Balaban J connectivity index is 2.68. The average molecular weight is 283 g/mol. The number of hydrogen-bond acceptors (Lipinski definition) is 3. The molecule has 16 heavy (non-hydrogen) atoms. The summed E-state index contributed by atoms with van der Waals surface area (Å²) in [6.45, 7) is 4.80. The van der Waals surface area contributed by atoms with E-state index in [1.54, 1.807) is 18.2 Å². The fourth-order valence-corrected chi connectivity index (χ4v) is 2.35. The lowest BCUT2D eigenvalue weighted by Crippen LogP contribution is -1.97. The first kappa shape index (κ1) is 14.0. The first-order chi connectivity index (χ1) is 7.67. The van der Waals surface area contributed by atoms with E-state index in [1.807, 2.05) is 13.8 Å². The van der Waals surface area contributed by atoms with Gasteiger partial charge in [-0.2, -0.15) is 0 Å². The zero-order valence-electron chi connectivity index (χ0n) is 9.07. The standard InChI is InChI=1S/C10H13Cl2O3P/c1-3-13-16(14-4-2)15-10-6-5-8(11)7-9(10)12/h5-7H,3-4H2,1-2H3. The molecule has 0 aliphatic rings. The van der Waals surface area contributed by atoms with Gasteiger partial charge in [0.2, 0.25) is 0 Å². The maximum atomic E-state index is 5.96. The van der Waals surface area contributed by atoms with E-state index in [0.717, 1.165) is 0 Å². The molecule has 0 unspecified atom stereocenters. The lowest BCUT2D eigenvalue weighted by molar-refractivity contribution is 0.221. The Morgan fingerprint density at radius 3 is 2.25 bits per heavy atom. The first-order valence-corrected chi connectivity index (χ1v) is 6.71. The Hall–Kier alpha value is -0.0500. The van der Waals surface area contributed by atoms with Gasteiger partial charge in [-0.1, -0.05) is 23.2 Å². The Morgan fingerprint density at radius 2 is 1.75 bits per heavy atom. The second kappa shape index (κ2) is 7.31. The Bertz CT molecular complexity index is 330. The molecule has 0 saturated carbocycles. The average Bonchev–Trinajstić information content (AvgIpc) is 2.23. The third kappa shape index (κ3) is 4.44. The van der Waals surface area contributed by atoms with Crippen LogP contribution < -0.4 is 4.52 Å². The molecule has 0 amide bonds. The normalized spacial score (nSPS) is 10.8. The second-order valence-corrected chi connectivity index (χ2v) is 4.72. The van der Waals surface area contributed by atoms with Gasteiger partial charge in [0.25, 0.3) is 0 Å². The lowest BCUT2D eigenvalue weighted by Gasteiger charge is -2.16. The molecule has 0 atom stereocenters. The molecule has 0 aliphatic carbocycles. The van der Waals surface area contributed by atoms with Gasteiger partial charge in [0, 0.05) is 5.02 Å². The van der Waals surface area contributed by atoms with Crippen molar-refractivity contribution >= 4 is 31.8 Å². The highest BCUT2D eigenvalue weighted by Gasteiger charge is 2.15. The van der Waals surface area contributed by atoms with Crippen LogP contribution in [0.4, 0.5) is 0 Å². The van der Waals surface area contributed by atoms with Crippen molar-refractivity contribution in [3.63, 3.8) is 0 Å². The van der Waals surface area contributed by atoms with Crippen LogP contribution in [0.25, 0.3) is 0 Å². The van der Waals surface area contributed by atoms with Crippen LogP contribution in [0.2, 0.25) is 10.0 Å². The van der Waals surface area contributed by atoms with Crippen molar-refractivity contribution in [3.8, 4) is 5.75 Å². The highest BCUT2D eigenvalue weighted by molar-refractivity contribution is 7.42. The maximum Gasteiger partial charge on any atom is 0.397 e. The summed E-state index contributed by atoms with van der Waals surface area (Å²) >= 11 is 11.7. The minimum Gasteiger partial charge on any atom is -0.425 e. The molecular formula is C10H13Cl2O3P. The van der Waals surface area contributed by atoms with Gasteiger partial charge < -0.3 is 13.6 Å². The summed E-state index contributed by atoms with van der Waals surface area (Å²) in [7, 11) is -1.39. The third-order valence-corrected chi connectivity index (χ3v) is 3.35. The van der Waals surface area contributed by atoms with Crippen LogP contribution in [0.5, 0.6) is 5.75 Å². The smallest absolute Gasteiger partial charge is 0.397 e. The fourth-order valence-electron chi connectivity index (χ4n) is 0.930. The summed E-state index contributed by atoms with van der Waals surface area (Å²) in [5.74, 6) is 0.513. The van der Waals surface area contributed by atoms with E-state index in [1.165, 1.54) is 0 Å². The molecule has 0 radical (unpaired) electrons. The Kier molecular flexibility index (Phi) is 6.40. The topological polar surface area (TPSA) is 27.7 Å². The van der Waals surface area contributed by atoms with E-state index < -0.39 is 8.60 Å². The molecular weight excluding hydrogens is 270 g/mol. The number of halogens is 2. The SMILES string of the molecule is CCOP(OCC)Oc1ccc(Cl)cc1Cl. The molecule has 1 aromatic rings. The van der Waals surface area contributed by atoms with Crippen LogP contribution in [-0.4, -0.2) is 13.2 Å². The van der Waals surface area contributed by atoms with Crippen molar-refractivity contribution in [2.75, 3.05) is 13.2 Å². The number of rotatable bonds is 6.